The molecule has 1 aliphatic heterocycles. The zero-order chi connectivity index (χ0) is 14.5. The minimum Gasteiger partial charge on any atom is -0.382 e. The molecule has 20 heavy (non-hydrogen) atoms. The lowest BCUT2D eigenvalue weighted by Gasteiger charge is -2.28. The molecule has 0 bridgehead atoms. The molecule has 0 saturated heterocycles. The second kappa shape index (κ2) is 6.64. The number of carbonyl (C=O) groups excluding carboxylic acids is 1. The summed E-state index contributed by atoms with van der Waals surface area (Å²) in [6.07, 6.45) is 3.31. The van der Waals surface area contributed by atoms with Crippen molar-refractivity contribution in [1.82, 2.24) is 5.32 Å². The van der Waals surface area contributed by atoms with Gasteiger partial charge in [0.15, 0.2) is 0 Å². The number of rotatable bonds is 5. The molecular formula is C16H25N3O. The maximum atomic E-state index is 11.6. The van der Waals surface area contributed by atoms with Gasteiger partial charge in [-0.15, -0.1) is 0 Å². The van der Waals surface area contributed by atoms with Crippen LogP contribution in [0.5, 0.6) is 0 Å². The Morgan fingerprint density at radius 3 is 3.00 bits per heavy atom. The molecule has 1 unspecified atom stereocenters. The predicted molar refractivity (Wildman–Crippen MR) is 84.4 cm³/mol. The van der Waals surface area contributed by atoms with Gasteiger partial charge in [0.2, 0.25) is 5.91 Å². The fourth-order valence-electron chi connectivity index (χ4n) is 2.66. The minimum atomic E-state index is 0.0583. The smallest absolute Gasteiger partial charge is 0.239 e. The van der Waals surface area contributed by atoms with Crippen LogP contribution >= 0.6 is 0 Å². The van der Waals surface area contributed by atoms with Crippen molar-refractivity contribution in [2.45, 2.75) is 39.2 Å². The average Bonchev–Trinajstić information content (AvgIpc) is 2.46. The zero-order valence-corrected chi connectivity index (χ0v) is 12.7. The van der Waals surface area contributed by atoms with E-state index >= 15 is 0 Å². The Kier molecular flexibility index (Phi) is 4.88. The van der Waals surface area contributed by atoms with Gasteiger partial charge >= 0.3 is 0 Å². The first-order valence-corrected chi connectivity index (χ1v) is 7.49. The lowest BCUT2D eigenvalue weighted by molar-refractivity contribution is -0.119. The van der Waals surface area contributed by atoms with Crippen molar-refractivity contribution in [3.8, 4) is 0 Å². The zero-order valence-electron chi connectivity index (χ0n) is 12.7. The van der Waals surface area contributed by atoms with Crippen molar-refractivity contribution in [3.63, 3.8) is 0 Å². The van der Waals surface area contributed by atoms with E-state index in [1.807, 2.05) is 0 Å². The van der Waals surface area contributed by atoms with Gasteiger partial charge in [-0.25, -0.2) is 0 Å². The van der Waals surface area contributed by atoms with Crippen LogP contribution in [0, 0.1) is 0 Å². The summed E-state index contributed by atoms with van der Waals surface area (Å²) in [4.78, 5) is 13.8. The van der Waals surface area contributed by atoms with Gasteiger partial charge < -0.3 is 15.5 Å². The Bertz CT molecular complexity index is 473. The molecule has 0 radical (unpaired) electrons. The number of nitrogens with one attached hydrogen (secondary N) is 2. The quantitative estimate of drug-likeness (QED) is 0.867. The molecule has 1 aliphatic rings. The first-order valence-electron chi connectivity index (χ1n) is 7.49. The minimum absolute atomic E-state index is 0.0583. The van der Waals surface area contributed by atoms with Gasteiger partial charge in [0.1, 0.15) is 0 Å². The van der Waals surface area contributed by atoms with Gasteiger partial charge in [-0.05, 0) is 49.9 Å². The van der Waals surface area contributed by atoms with Crippen LogP contribution in [0.25, 0.3) is 0 Å². The second-order valence-electron chi connectivity index (χ2n) is 5.52. The van der Waals surface area contributed by atoms with E-state index in [-0.39, 0.29) is 5.91 Å². The van der Waals surface area contributed by atoms with Crippen molar-refractivity contribution < 1.29 is 4.79 Å². The standard InChI is InChI=1S/C16H25N3O/c1-4-9-19(11-16(20)17-3)14-7-8-15-13(10-14)6-5-12(2)18-15/h7-8,10,12,18H,4-6,9,11H2,1-3H3,(H,17,20). The summed E-state index contributed by atoms with van der Waals surface area (Å²) in [6, 6.07) is 7.04. The second-order valence-corrected chi connectivity index (χ2v) is 5.52. The number of amides is 1. The van der Waals surface area contributed by atoms with Crippen molar-refractivity contribution in [1.29, 1.82) is 0 Å². The highest BCUT2D eigenvalue weighted by Gasteiger charge is 2.16. The van der Waals surface area contributed by atoms with Crippen LogP contribution in [-0.2, 0) is 11.2 Å². The monoisotopic (exact) mass is 275 g/mol. The van der Waals surface area contributed by atoms with Gasteiger partial charge in [0, 0.05) is 31.0 Å². The summed E-state index contributed by atoms with van der Waals surface area (Å²) < 4.78 is 0. The van der Waals surface area contributed by atoms with E-state index in [2.05, 4.69) is 47.6 Å². The predicted octanol–water partition coefficient (Wildman–Crippen LogP) is 2.40. The molecule has 2 N–H and O–H groups in total. The molecule has 0 aromatic heterocycles. The van der Waals surface area contributed by atoms with Gasteiger partial charge in [-0.2, -0.15) is 0 Å². The van der Waals surface area contributed by atoms with Crippen LogP contribution < -0.4 is 15.5 Å². The number of nitrogens with zero attached hydrogens (tertiary/aromatic N) is 1. The van der Waals surface area contributed by atoms with Crippen LogP contribution in [0.15, 0.2) is 18.2 Å². The molecule has 4 heteroatoms. The third kappa shape index (κ3) is 3.44. The number of hydrogen-bond acceptors (Lipinski definition) is 3. The van der Waals surface area contributed by atoms with Crippen molar-refractivity contribution >= 4 is 17.3 Å². The van der Waals surface area contributed by atoms with Crippen LogP contribution in [0.4, 0.5) is 11.4 Å². The maximum Gasteiger partial charge on any atom is 0.239 e. The normalized spacial score (nSPS) is 17.1. The fourth-order valence-corrected chi connectivity index (χ4v) is 2.66. The van der Waals surface area contributed by atoms with E-state index in [0.29, 0.717) is 12.6 Å². The Hall–Kier alpha value is -1.71. The summed E-state index contributed by atoms with van der Waals surface area (Å²) in [5.41, 5.74) is 3.74. The van der Waals surface area contributed by atoms with E-state index < -0.39 is 0 Å². The number of carbonyl (C=O) groups is 1. The molecule has 0 spiro atoms. The molecule has 4 nitrogen and oxygen atoms in total. The number of aryl methyl sites for hydroxylation is 1. The van der Waals surface area contributed by atoms with E-state index in [4.69, 9.17) is 0 Å². The van der Waals surface area contributed by atoms with Gasteiger partial charge in [0.05, 0.1) is 6.54 Å². The van der Waals surface area contributed by atoms with Gasteiger partial charge in [0.25, 0.3) is 0 Å². The van der Waals surface area contributed by atoms with Crippen molar-refractivity contribution in [3.05, 3.63) is 23.8 Å². The SMILES string of the molecule is CCCN(CC(=O)NC)c1ccc2c(c1)CCC(C)N2. The molecule has 1 atom stereocenters. The number of anilines is 2. The molecule has 0 fully saturated rings. The Labute approximate surface area is 121 Å². The summed E-state index contributed by atoms with van der Waals surface area (Å²) >= 11 is 0. The van der Waals surface area contributed by atoms with E-state index in [0.717, 1.165) is 25.1 Å². The van der Waals surface area contributed by atoms with Gasteiger partial charge in [-0.1, -0.05) is 6.92 Å². The summed E-state index contributed by atoms with van der Waals surface area (Å²) in [5, 5.41) is 6.21. The largest absolute Gasteiger partial charge is 0.382 e. The Balaban J connectivity index is 2.19. The highest BCUT2D eigenvalue weighted by Crippen LogP contribution is 2.29. The lowest BCUT2D eigenvalue weighted by Crippen LogP contribution is -2.36. The highest BCUT2D eigenvalue weighted by atomic mass is 16.1. The third-order valence-electron chi connectivity index (χ3n) is 3.81. The molecular weight excluding hydrogens is 250 g/mol. The molecule has 1 aromatic rings. The third-order valence-corrected chi connectivity index (χ3v) is 3.81. The molecule has 0 saturated carbocycles. The average molecular weight is 275 g/mol. The Morgan fingerprint density at radius 2 is 2.30 bits per heavy atom. The molecule has 1 heterocycles. The number of likely N-dealkylation sites (N-methyl/N-ethyl adjacent to an activating group) is 1. The first-order chi connectivity index (χ1) is 9.63. The van der Waals surface area contributed by atoms with E-state index in [1.54, 1.807) is 7.05 Å². The fraction of sp³-hybridized carbons (Fsp3) is 0.562. The molecule has 1 aromatic carbocycles. The molecule has 110 valence electrons. The summed E-state index contributed by atoms with van der Waals surface area (Å²) in [7, 11) is 1.69. The molecule has 0 aliphatic carbocycles. The van der Waals surface area contributed by atoms with E-state index in [9.17, 15) is 4.79 Å². The summed E-state index contributed by atoms with van der Waals surface area (Å²) in [6.45, 7) is 5.67. The number of fused-ring (bicyclic) bond motifs is 1. The van der Waals surface area contributed by atoms with Gasteiger partial charge in [-0.3, -0.25) is 4.79 Å². The van der Waals surface area contributed by atoms with Crippen LogP contribution in [0.3, 0.4) is 0 Å². The molecule has 1 amide bonds. The first kappa shape index (κ1) is 14.7. The topological polar surface area (TPSA) is 44.4 Å². The Morgan fingerprint density at radius 1 is 1.50 bits per heavy atom. The summed E-state index contributed by atoms with van der Waals surface area (Å²) in [5.74, 6) is 0.0583. The van der Waals surface area contributed by atoms with Crippen LogP contribution in [0.2, 0.25) is 0 Å². The van der Waals surface area contributed by atoms with Crippen molar-refractivity contribution in [2.75, 3.05) is 30.4 Å². The number of hydrogen-bond donors (Lipinski definition) is 2. The van der Waals surface area contributed by atoms with Crippen LogP contribution in [0.1, 0.15) is 32.3 Å². The van der Waals surface area contributed by atoms with Crippen LogP contribution in [-0.4, -0.2) is 32.1 Å². The van der Waals surface area contributed by atoms with E-state index in [1.165, 1.54) is 17.7 Å². The molecule has 2 rings (SSSR count). The van der Waals surface area contributed by atoms with Crippen molar-refractivity contribution in [2.24, 2.45) is 0 Å². The lowest BCUT2D eigenvalue weighted by atomic mass is 9.98. The number of benzene rings is 1. The maximum absolute atomic E-state index is 11.6. The highest BCUT2D eigenvalue weighted by molar-refractivity contribution is 5.81.